The molecular formula is C14H18BrClN2O2. The van der Waals surface area contributed by atoms with Gasteiger partial charge in [-0.2, -0.15) is 0 Å². The summed E-state index contributed by atoms with van der Waals surface area (Å²) < 4.78 is 0.728. The Morgan fingerprint density at radius 2 is 2.00 bits per heavy atom. The second kappa shape index (κ2) is 7.64. The lowest BCUT2D eigenvalue weighted by atomic mass is 10.2. The lowest BCUT2D eigenvalue weighted by molar-refractivity contribution is -0.121. The van der Waals surface area contributed by atoms with Crippen molar-refractivity contribution in [3.05, 3.63) is 33.3 Å². The highest BCUT2D eigenvalue weighted by Crippen LogP contribution is 2.20. The highest BCUT2D eigenvalue weighted by atomic mass is 79.9. The molecule has 0 aliphatic heterocycles. The minimum atomic E-state index is -0.243. The van der Waals surface area contributed by atoms with Crippen molar-refractivity contribution in [2.75, 3.05) is 20.1 Å². The number of nitrogens with one attached hydrogen (secondary N) is 1. The van der Waals surface area contributed by atoms with Crippen molar-refractivity contribution in [3.63, 3.8) is 0 Å². The van der Waals surface area contributed by atoms with E-state index in [2.05, 4.69) is 21.2 Å². The Hall–Kier alpha value is -1.07. The number of hydrogen-bond acceptors (Lipinski definition) is 2. The van der Waals surface area contributed by atoms with Crippen molar-refractivity contribution in [2.24, 2.45) is 5.92 Å². The van der Waals surface area contributed by atoms with Crippen LogP contribution in [0.25, 0.3) is 0 Å². The lowest BCUT2D eigenvalue weighted by Gasteiger charge is -2.17. The van der Waals surface area contributed by atoms with Gasteiger partial charge in [0.25, 0.3) is 5.91 Å². The second-order valence-corrected chi connectivity index (χ2v) is 6.37. The molecule has 110 valence electrons. The number of halogens is 2. The number of nitrogens with zero attached hydrogens (tertiary/aromatic N) is 1. The maximum atomic E-state index is 12.2. The van der Waals surface area contributed by atoms with Crippen LogP contribution in [0.5, 0.6) is 0 Å². The predicted molar refractivity (Wildman–Crippen MR) is 84.0 cm³/mol. The van der Waals surface area contributed by atoms with Gasteiger partial charge in [-0.1, -0.05) is 41.4 Å². The third kappa shape index (κ3) is 5.51. The lowest BCUT2D eigenvalue weighted by Crippen LogP contribution is -2.39. The fourth-order valence-corrected chi connectivity index (χ4v) is 2.42. The Labute approximate surface area is 132 Å². The maximum absolute atomic E-state index is 12.2. The van der Waals surface area contributed by atoms with E-state index in [-0.39, 0.29) is 18.4 Å². The van der Waals surface area contributed by atoms with Gasteiger partial charge in [-0.3, -0.25) is 9.59 Å². The van der Waals surface area contributed by atoms with E-state index in [4.69, 9.17) is 11.6 Å². The summed E-state index contributed by atoms with van der Waals surface area (Å²) in [6, 6.07) is 4.96. The molecule has 1 rings (SSSR count). The summed E-state index contributed by atoms with van der Waals surface area (Å²) in [4.78, 5) is 25.2. The summed E-state index contributed by atoms with van der Waals surface area (Å²) in [7, 11) is 1.59. The predicted octanol–water partition coefficient (Wildman–Crippen LogP) is 2.95. The number of carbonyl (C=O) groups excluding carboxylic acids is 2. The van der Waals surface area contributed by atoms with Gasteiger partial charge in [0.1, 0.15) is 0 Å². The van der Waals surface area contributed by atoms with E-state index in [0.29, 0.717) is 23.0 Å². The number of likely N-dealkylation sites (N-methyl/N-ethyl adjacent to an activating group) is 1. The molecule has 0 aliphatic rings. The molecule has 0 saturated heterocycles. The fourth-order valence-electron chi connectivity index (χ4n) is 1.56. The van der Waals surface area contributed by atoms with Gasteiger partial charge in [0.15, 0.2) is 0 Å². The first-order valence-corrected chi connectivity index (χ1v) is 7.45. The smallest absolute Gasteiger partial charge is 0.254 e. The van der Waals surface area contributed by atoms with Gasteiger partial charge in [0.2, 0.25) is 5.91 Å². The van der Waals surface area contributed by atoms with E-state index < -0.39 is 0 Å². The molecule has 0 radical (unpaired) electrons. The molecule has 0 spiro atoms. The molecule has 0 saturated carbocycles. The summed E-state index contributed by atoms with van der Waals surface area (Å²) in [5, 5.41) is 3.25. The van der Waals surface area contributed by atoms with Crippen LogP contribution in [0.1, 0.15) is 24.2 Å². The van der Waals surface area contributed by atoms with Crippen molar-refractivity contribution in [1.29, 1.82) is 0 Å². The summed E-state index contributed by atoms with van der Waals surface area (Å²) in [5.41, 5.74) is 0.448. The Bertz CT molecular complexity index is 486. The molecule has 4 nitrogen and oxygen atoms in total. The van der Waals surface area contributed by atoms with Crippen LogP contribution in [0.3, 0.4) is 0 Å². The Balaban J connectivity index is 2.64. The summed E-state index contributed by atoms with van der Waals surface area (Å²) in [6.45, 7) is 4.65. The molecule has 0 aromatic heterocycles. The summed E-state index contributed by atoms with van der Waals surface area (Å²) >= 11 is 9.20. The Morgan fingerprint density at radius 3 is 2.55 bits per heavy atom. The van der Waals surface area contributed by atoms with Crippen molar-refractivity contribution in [3.8, 4) is 0 Å². The molecule has 6 heteroatoms. The Kier molecular flexibility index (Phi) is 6.49. The van der Waals surface area contributed by atoms with Gasteiger partial charge in [0, 0.05) is 28.7 Å². The normalized spacial score (nSPS) is 10.5. The third-order valence-corrected chi connectivity index (χ3v) is 3.22. The average molecular weight is 362 g/mol. The van der Waals surface area contributed by atoms with Crippen LogP contribution in [-0.4, -0.2) is 36.9 Å². The highest BCUT2D eigenvalue weighted by Gasteiger charge is 2.16. The van der Waals surface area contributed by atoms with Gasteiger partial charge in [-0.25, -0.2) is 0 Å². The number of rotatable bonds is 5. The van der Waals surface area contributed by atoms with Crippen LogP contribution in [0, 0.1) is 5.92 Å². The van der Waals surface area contributed by atoms with Crippen LogP contribution >= 0.6 is 27.5 Å². The zero-order valence-corrected chi connectivity index (χ0v) is 14.1. The van der Waals surface area contributed by atoms with E-state index >= 15 is 0 Å². The molecule has 2 amide bonds. The molecule has 0 unspecified atom stereocenters. The topological polar surface area (TPSA) is 49.4 Å². The zero-order chi connectivity index (χ0) is 15.3. The quantitative estimate of drug-likeness (QED) is 0.876. The summed E-state index contributed by atoms with van der Waals surface area (Å²) in [6.07, 6.45) is 0. The first-order chi connectivity index (χ1) is 9.29. The molecule has 1 N–H and O–H groups in total. The van der Waals surface area contributed by atoms with Gasteiger partial charge >= 0.3 is 0 Å². The maximum Gasteiger partial charge on any atom is 0.254 e. The van der Waals surface area contributed by atoms with Crippen LogP contribution in [0.2, 0.25) is 5.02 Å². The van der Waals surface area contributed by atoms with Crippen molar-refractivity contribution in [1.82, 2.24) is 10.2 Å². The minimum Gasteiger partial charge on any atom is -0.354 e. The van der Waals surface area contributed by atoms with Gasteiger partial charge in [-0.15, -0.1) is 0 Å². The molecule has 0 bridgehead atoms. The standard InChI is InChI=1S/C14H18BrClN2O2/c1-9(2)7-17-13(19)8-18(3)14(20)10-4-11(15)6-12(16)5-10/h4-6,9H,7-8H2,1-3H3,(H,17,19). The van der Waals surface area contributed by atoms with Gasteiger partial charge < -0.3 is 10.2 Å². The van der Waals surface area contributed by atoms with Gasteiger partial charge in [-0.05, 0) is 24.1 Å². The molecule has 0 fully saturated rings. The van der Waals surface area contributed by atoms with Crippen molar-refractivity contribution < 1.29 is 9.59 Å². The number of carbonyl (C=O) groups is 2. The van der Waals surface area contributed by atoms with E-state index in [1.165, 1.54) is 4.90 Å². The molecule has 0 heterocycles. The first-order valence-electron chi connectivity index (χ1n) is 6.28. The minimum absolute atomic E-state index is 0.0235. The fraction of sp³-hybridized carbons (Fsp3) is 0.429. The molecule has 0 aliphatic carbocycles. The Morgan fingerprint density at radius 1 is 1.35 bits per heavy atom. The number of hydrogen-bond donors (Lipinski definition) is 1. The van der Waals surface area contributed by atoms with Crippen LogP contribution in [0.4, 0.5) is 0 Å². The second-order valence-electron chi connectivity index (χ2n) is 5.02. The third-order valence-electron chi connectivity index (χ3n) is 2.54. The monoisotopic (exact) mass is 360 g/mol. The van der Waals surface area contributed by atoms with Crippen molar-refractivity contribution >= 4 is 39.3 Å². The molecule has 1 aromatic rings. The molecule has 1 aromatic carbocycles. The van der Waals surface area contributed by atoms with E-state index in [1.807, 2.05) is 13.8 Å². The number of amides is 2. The van der Waals surface area contributed by atoms with Crippen LogP contribution in [-0.2, 0) is 4.79 Å². The molecule has 20 heavy (non-hydrogen) atoms. The van der Waals surface area contributed by atoms with E-state index in [0.717, 1.165) is 4.47 Å². The largest absolute Gasteiger partial charge is 0.354 e. The average Bonchev–Trinajstić information content (AvgIpc) is 2.34. The SMILES string of the molecule is CC(C)CNC(=O)CN(C)C(=O)c1cc(Cl)cc(Br)c1. The zero-order valence-electron chi connectivity index (χ0n) is 11.7. The molecular weight excluding hydrogens is 344 g/mol. The van der Waals surface area contributed by atoms with Crippen molar-refractivity contribution in [2.45, 2.75) is 13.8 Å². The number of benzene rings is 1. The summed E-state index contributed by atoms with van der Waals surface area (Å²) in [5.74, 6) is -0.0348. The van der Waals surface area contributed by atoms with E-state index in [9.17, 15) is 9.59 Å². The first kappa shape index (κ1) is 17.0. The van der Waals surface area contributed by atoms with E-state index in [1.54, 1.807) is 25.2 Å². The van der Waals surface area contributed by atoms with Crippen LogP contribution in [0.15, 0.2) is 22.7 Å². The highest BCUT2D eigenvalue weighted by molar-refractivity contribution is 9.10. The van der Waals surface area contributed by atoms with Crippen LogP contribution < -0.4 is 5.32 Å². The molecule has 0 atom stereocenters. The van der Waals surface area contributed by atoms with Gasteiger partial charge in [0.05, 0.1) is 6.54 Å².